The molecule has 2 aromatic heterocycles. The summed E-state index contributed by atoms with van der Waals surface area (Å²) >= 11 is 0. The number of amides is 2. The molecule has 0 fully saturated rings. The molecule has 0 saturated carbocycles. The molecule has 0 aliphatic rings. The summed E-state index contributed by atoms with van der Waals surface area (Å²) in [5, 5.41) is 12.9. The average molecular weight is 446 g/mol. The van der Waals surface area contributed by atoms with Gasteiger partial charge in [0, 0.05) is 30.3 Å². The van der Waals surface area contributed by atoms with Gasteiger partial charge in [0.05, 0.1) is 5.39 Å². The third kappa shape index (κ3) is 4.79. The van der Waals surface area contributed by atoms with Gasteiger partial charge in [-0.15, -0.1) is 10.2 Å². The molecule has 168 valence electrons. The zero-order valence-corrected chi connectivity index (χ0v) is 18.2. The standard InChI is InChI=1S/C23H22N6O4/c1-3-29-23(32)17-7-5-4-6-16(17)20(28-29)21(31)26-24-18(30)12-13-19-25-27-22(33-19)15-10-8-14(2)9-11-15/h4-11H,3,12-13H2,1-2H3,(H,24,30)(H,26,31). The summed E-state index contributed by atoms with van der Waals surface area (Å²) in [6.07, 6.45) is 0.237. The Morgan fingerprint density at radius 1 is 1.00 bits per heavy atom. The molecule has 0 saturated heterocycles. The average Bonchev–Trinajstić information content (AvgIpc) is 3.31. The number of fused-ring (bicyclic) bond motifs is 1. The largest absolute Gasteiger partial charge is 0.421 e. The highest BCUT2D eigenvalue weighted by atomic mass is 16.4. The number of rotatable bonds is 6. The molecule has 0 atom stereocenters. The van der Waals surface area contributed by atoms with Crippen LogP contribution in [0.4, 0.5) is 0 Å². The number of carbonyl (C=O) groups excluding carboxylic acids is 2. The lowest BCUT2D eigenvalue weighted by atomic mass is 10.1. The van der Waals surface area contributed by atoms with E-state index in [0.29, 0.717) is 29.1 Å². The molecule has 2 N–H and O–H groups in total. The molecule has 0 radical (unpaired) electrons. The molecular weight excluding hydrogens is 424 g/mol. The SMILES string of the molecule is CCn1nc(C(=O)NNC(=O)CCc2nnc(-c3ccc(C)cc3)o2)c2ccccc2c1=O. The highest BCUT2D eigenvalue weighted by Gasteiger charge is 2.17. The van der Waals surface area contributed by atoms with Crippen LogP contribution in [0.1, 0.15) is 35.3 Å². The topological polar surface area (TPSA) is 132 Å². The number of hydrogen-bond acceptors (Lipinski definition) is 7. The Kier molecular flexibility index (Phi) is 6.25. The van der Waals surface area contributed by atoms with E-state index in [1.807, 2.05) is 31.2 Å². The summed E-state index contributed by atoms with van der Waals surface area (Å²) in [7, 11) is 0. The smallest absolute Gasteiger partial charge is 0.290 e. The van der Waals surface area contributed by atoms with Gasteiger partial charge in [-0.25, -0.2) is 4.68 Å². The number of hydrazine groups is 1. The van der Waals surface area contributed by atoms with Crippen LogP contribution in [-0.2, 0) is 17.8 Å². The maximum atomic E-state index is 12.7. The van der Waals surface area contributed by atoms with Gasteiger partial charge in [0.15, 0.2) is 5.69 Å². The van der Waals surface area contributed by atoms with Crippen molar-refractivity contribution in [2.75, 3.05) is 0 Å². The Morgan fingerprint density at radius 2 is 1.73 bits per heavy atom. The quantitative estimate of drug-likeness (QED) is 0.434. The Balaban J connectivity index is 1.37. The summed E-state index contributed by atoms with van der Waals surface area (Å²) in [6.45, 7) is 4.05. The number of nitrogens with zero attached hydrogens (tertiary/aromatic N) is 4. The molecule has 2 heterocycles. The van der Waals surface area contributed by atoms with Crippen LogP contribution in [0.25, 0.3) is 22.2 Å². The lowest BCUT2D eigenvalue weighted by molar-refractivity contribution is -0.121. The first-order valence-electron chi connectivity index (χ1n) is 10.4. The lowest BCUT2D eigenvalue weighted by Gasteiger charge is -2.10. The number of aromatic nitrogens is 4. The molecule has 0 aliphatic heterocycles. The maximum Gasteiger partial charge on any atom is 0.290 e. The van der Waals surface area contributed by atoms with Gasteiger partial charge in [0.2, 0.25) is 17.7 Å². The summed E-state index contributed by atoms with van der Waals surface area (Å²) < 4.78 is 6.82. The normalized spacial score (nSPS) is 10.8. The highest BCUT2D eigenvalue weighted by Crippen LogP contribution is 2.18. The Morgan fingerprint density at radius 3 is 2.45 bits per heavy atom. The van der Waals surface area contributed by atoms with E-state index in [1.165, 1.54) is 4.68 Å². The van der Waals surface area contributed by atoms with Gasteiger partial charge in [0.1, 0.15) is 0 Å². The van der Waals surface area contributed by atoms with E-state index >= 15 is 0 Å². The molecule has 0 unspecified atom stereocenters. The second-order valence-electron chi connectivity index (χ2n) is 7.38. The number of benzene rings is 2. The van der Waals surface area contributed by atoms with Crippen molar-refractivity contribution in [2.24, 2.45) is 0 Å². The first kappa shape index (κ1) is 21.9. The van der Waals surface area contributed by atoms with Crippen LogP contribution < -0.4 is 16.4 Å². The molecule has 2 aromatic carbocycles. The van der Waals surface area contributed by atoms with Gasteiger partial charge in [-0.05, 0) is 32.0 Å². The van der Waals surface area contributed by atoms with Crippen molar-refractivity contribution in [3.05, 3.63) is 76.0 Å². The van der Waals surface area contributed by atoms with E-state index in [1.54, 1.807) is 31.2 Å². The van der Waals surface area contributed by atoms with Gasteiger partial charge in [0.25, 0.3) is 11.5 Å². The third-order valence-electron chi connectivity index (χ3n) is 5.03. The molecule has 0 spiro atoms. The zero-order chi connectivity index (χ0) is 23.4. The minimum Gasteiger partial charge on any atom is -0.421 e. The molecule has 10 heteroatoms. The molecule has 4 aromatic rings. The van der Waals surface area contributed by atoms with Gasteiger partial charge in [-0.2, -0.15) is 5.10 Å². The van der Waals surface area contributed by atoms with Crippen molar-refractivity contribution in [1.29, 1.82) is 0 Å². The Bertz CT molecular complexity index is 1370. The first-order chi connectivity index (χ1) is 16.0. The number of aryl methyl sites for hydroxylation is 3. The predicted octanol–water partition coefficient (Wildman–Crippen LogP) is 2.17. The summed E-state index contributed by atoms with van der Waals surface area (Å²) in [5.74, 6) is -0.370. The molecule has 33 heavy (non-hydrogen) atoms. The first-order valence-corrected chi connectivity index (χ1v) is 10.4. The van der Waals surface area contributed by atoms with Crippen LogP contribution in [0, 0.1) is 6.92 Å². The summed E-state index contributed by atoms with van der Waals surface area (Å²) in [5.41, 5.74) is 6.39. The number of nitrogens with one attached hydrogen (secondary N) is 2. The second kappa shape index (κ2) is 9.43. The fraction of sp³-hybridized carbons (Fsp3) is 0.217. The monoisotopic (exact) mass is 446 g/mol. The van der Waals surface area contributed by atoms with E-state index in [9.17, 15) is 14.4 Å². The van der Waals surface area contributed by atoms with Crippen LogP contribution in [0.15, 0.2) is 57.7 Å². The van der Waals surface area contributed by atoms with Gasteiger partial charge in [-0.1, -0.05) is 35.9 Å². The molecule has 2 amide bonds. The van der Waals surface area contributed by atoms with Crippen LogP contribution in [0.3, 0.4) is 0 Å². The van der Waals surface area contributed by atoms with Crippen molar-refractivity contribution < 1.29 is 14.0 Å². The fourth-order valence-electron chi connectivity index (χ4n) is 3.25. The predicted molar refractivity (Wildman–Crippen MR) is 120 cm³/mol. The number of carbonyl (C=O) groups is 2. The molecule has 10 nitrogen and oxygen atoms in total. The summed E-state index contributed by atoms with van der Waals surface area (Å²) in [4.78, 5) is 37.3. The highest BCUT2D eigenvalue weighted by molar-refractivity contribution is 6.05. The summed E-state index contributed by atoms with van der Waals surface area (Å²) in [6, 6.07) is 14.4. The van der Waals surface area contributed by atoms with Crippen molar-refractivity contribution in [2.45, 2.75) is 33.2 Å². The third-order valence-corrected chi connectivity index (χ3v) is 5.03. The van der Waals surface area contributed by atoms with E-state index in [-0.39, 0.29) is 24.1 Å². The lowest BCUT2D eigenvalue weighted by Crippen LogP contribution is -2.42. The molecule has 0 bridgehead atoms. The van der Waals surface area contributed by atoms with Crippen LogP contribution >= 0.6 is 0 Å². The fourth-order valence-corrected chi connectivity index (χ4v) is 3.25. The van der Waals surface area contributed by atoms with Gasteiger partial charge < -0.3 is 4.42 Å². The van der Waals surface area contributed by atoms with Crippen molar-refractivity contribution >= 4 is 22.6 Å². The second-order valence-corrected chi connectivity index (χ2v) is 7.38. The van der Waals surface area contributed by atoms with E-state index in [2.05, 4.69) is 26.1 Å². The molecule has 0 aliphatic carbocycles. The van der Waals surface area contributed by atoms with E-state index < -0.39 is 11.8 Å². The van der Waals surface area contributed by atoms with Crippen LogP contribution in [0.2, 0.25) is 0 Å². The van der Waals surface area contributed by atoms with Crippen LogP contribution in [0.5, 0.6) is 0 Å². The minimum atomic E-state index is -0.624. The van der Waals surface area contributed by atoms with E-state index in [4.69, 9.17) is 4.42 Å². The zero-order valence-electron chi connectivity index (χ0n) is 18.2. The van der Waals surface area contributed by atoms with Crippen molar-refractivity contribution in [1.82, 2.24) is 30.8 Å². The van der Waals surface area contributed by atoms with Crippen molar-refractivity contribution in [3.63, 3.8) is 0 Å². The molecule has 4 rings (SSSR count). The molecular formula is C23H22N6O4. The van der Waals surface area contributed by atoms with Gasteiger partial charge in [-0.3, -0.25) is 25.2 Å². The van der Waals surface area contributed by atoms with Gasteiger partial charge >= 0.3 is 0 Å². The Hall–Kier alpha value is -4.34. The van der Waals surface area contributed by atoms with Crippen LogP contribution in [-0.4, -0.2) is 31.8 Å². The number of hydrogen-bond donors (Lipinski definition) is 2. The van der Waals surface area contributed by atoms with Crippen molar-refractivity contribution in [3.8, 4) is 11.5 Å². The van der Waals surface area contributed by atoms with E-state index in [0.717, 1.165) is 11.1 Å². The minimum absolute atomic E-state index is 0.0262. The Labute approximate surface area is 188 Å². The maximum absolute atomic E-state index is 12.7.